The molecule has 0 saturated heterocycles. The van der Waals surface area contributed by atoms with Crippen molar-refractivity contribution in [2.24, 2.45) is 5.92 Å². The Bertz CT molecular complexity index is 186. The Morgan fingerprint density at radius 2 is 2.56 bits per heavy atom. The van der Waals surface area contributed by atoms with Crippen LogP contribution in [0.4, 0.5) is 0 Å². The largest absolute Gasteiger partial charge is 0.305 e. The summed E-state index contributed by atoms with van der Waals surface area (Å²) in [6.07, 6.45) is 5.10. The third-order valence-corrected chi connectivity index (χ3v) is 1.42. The zero-order chi connectivity index (χ0) is 6.69. The first-order valence-electron chi connectivity index (χ1n) is 2.98. The van der Waals surface area contributed by atoms with Crippen molar-refractivity contribution >= 4 is 5.71 Å². The fraction of sp³-hybridized carbons (Fsp3) is 0.429. The van der Waals surface area contributed by atoms with Gasteiger partial charge in [0.15, 0.2) is 0 Å². The highest BCUT2D eigenvalue weighted by Crippen LogP contribution is 2.12. The van der Waals surface area contributed by atoms with Crippen molar-refractivity contribution < 1.29 is 0 Å². The van der Waals surface area contributed by atoms with E-state index in [2.05, 4.69) is 6.07 Å². The SMILES string of the molecule is N#CC1C=CC(=N)CC1. The van der Waals surface area contributed by atoms with E-state index in [0.29, 0.717) is 5.71 Å². The molecule has 9 heavy (non-hydrogen) atoms. The molecule has 0 heterocycles. The van der Waals surface area contributed by atoms with E-state index in [-0.39, 0.29) is 5.92 Å². The molecule has 0 spiro atoms. The second kappa shape index (κ2) is 2.45. The quantitative estimate of drug-likeness (QED) is 0.517. The molecule has 0 aromatic heterocycles. The molecule has 1 N–H and O–H groups in total. The van der Waals surface area contributed by atoms with E-state index in [0.717, 1.165) is 12.8 Å². The monoisotopic (exact) mass is 120 g/mol. The third kappa shape index (κ3) is 1.39. The Balaban J connectivity index is 2.60. The van der Waals surface area contributed by atoms with Gasteiger partial charge >= 0.3 is 0 Å². The number of nitrogens with zero attached hydrogens (tertiary/aromatic N) is 1. The van der Waals surface area contributed by atoms with Gasteiger partial charge in [-0.05, 0) is 18.9 Å². The molecule has 0 bridgehead atoms. The normalized spacial score (nSPS) is 25.7. The summed E-state index contributed by atoms with van der Waals surface area (Å²) in [5.41, 5.74) is 0.640. The molecule has 46 valence electrons. The average Bonchev–Trinajstić information content (AvgIpc) is 1.90. The number of rotatable bonds is 0. The highest BCUT2D eigenvalue weighted by atomic mass is 14.4. The molecular formula is C7H8N2. The van der Waals surface area contributed by atoms with Gasteiger partial charge in [0.2, 0.25) is 0 Å². The van der Waals surface area contributed by atoms with Crippen LogP contribution in [-0.2, 0) is 0 Å². The van der Waals surface area contributed by atoms with Gasteiger partial charge in [-0.2, -0.15) is 5.26 Å². The Kier molecular flexibility index (Phi) is 1.64. The highest BCUT2D eigenvalue weighted by Gasteiger charge is 2.08. The van der Waals surface area contributed by atoms with Crippen molar-refractivity contribution in [2.75, 3.05) is 0 Å². The Hall–Kier alpha value is -1.10. The van der Waals surface area contributed by atoms with Gasteiger partial charge in [-0.15, -0.1) is 0 Å². The van der Waals surface area contributed by atoms with Crippen LogP contribution >= 0.6 is 0 Å². The lowest BCUT2D eigenvalue weighted by Gasteiger charge is -2.07. The van der Waals surface area contributed by atoms with Crippen LogP contribution in [0.15, 0.2) is 12.2 Å². The molecule has 1 atom stereocenters. The minimum absolute atomic E-state index is 0.0547. The van der Waals surface area contributed by atoms with Gasteiger partial charge in [0.1, 0.15) is 0 Å². The maximum absolute atomic E-state index is 8.41. The lowest BCUT2D eigenvalue weighted by Crippen LogP contribution is -2.04. The predicted octanol–water partition coefficient (Wildman–Crippen LogP) is 1.50. The summed E-state index contributed by atoms with van der Waals surface area (Å²) in [4.78, 5) is 0. The number of nitriles is 1. The summed E-state index contributed by atoms with van der Waals surface area (Å²) in [5, 5.41) is 15.6. The topological polar surface area (TPSA) is 47.6 Å². The smallest absolute Gasteiger partial charge is 0.0697 e. The molecule has 1 aliphatic carbocycles. The van der Waals surface area contributed by atoms with Crippen molar-refractivity contribution in [3.05, 3.63) is 12.2 Å². The fourth-order valence-electron chi connectivity index (χ4n) is 0.830. The molecule has 0 fully saturated rings. The fourth-order valence-corrected chi connectivity index (χ4v) is 0.830. The third-order valence-electron chi connectivity index (χ3n) is 1.42. The molecule has 2 heteroatoms. The van der Waals surface area contributed by atoms with Gasteiger partial charge < -0.3 is 5.41 Å². The van der Waals surface area contributed by atoms with Crippen LogP contribution < -0.4 is 0 Å². The first-order valence-corrected chi connectivity index (χ1v) is 2.98. The molecule has 0 saturated carbocycles. The average molecular weight is 120 g/mol. The van der Waals surface area contributed by atoms with Gasteiger partial charge in [0.25, 0.3) is 0 Å². The maximum Gasteiger partial charge on any atom is 0.0697 e. The second-order valence-electron chi connectivity index (χ2n) is 2.16. The summed E-state index contributed by atoms with van der Waals surface area (Å²) in [6, 6.07) is 2.14. The minimum atomic E-state index is 0.0547. The van der Waals surface area contributed by atoms with Gasteiger partial charge in [0.05, 0.1) is 12.0 Å². The molecular weight excluding hydrogens is 112 g/mol. The minimum Gasteiger partial charge on any atom is -0.305 e. The summed E-state index contributed by atoms with van der Waals surface area (Å²) in [5.74, 6) is 0.0547. The first-order chi connectivity index (χ1) is 4.33. The number of hydrogen-bond donors (Lipinski definition) is 1. The van der Waals surface area contributed by atoms with Gasteiger partial charge in [-0.1, -0.05) is 6.08 Å². The van der Waals surface area contributed by atoms with Crippen LogP contribution in [0.1, 0.15) is 12.8 Å². The number of allylic oxidation sites excluding steroid dienone is 2. The van der Waals surface area contributed by atoms with E-state index in [4.69, 9.17) is 10.7 Å². The van der Waals surface area contributed by atoms with Crippen molar-refractivity contribution in [2.45, 2.75) is 12.8 Å². The lowest BCUT2D eigenvalue weighted by atomic mass is 9.96. The van der Waals surface area contributed by atoms with E-state index in [1.165, 1.54) is 0 Å². The van der Waals surface area contributed by atoms with Crippen molar-refractivity contribution in [3.63, 3.8) is 0 Å². The van der Waals surface area contributed by atoms with E-state index < -0.39 is 0 Å². The second-order valence-corrected chi connectivity index (χ2v) is 2.16. The van der Waals surface area contributed by atoms with Gasteiger partial charge in [-0.3, -0.25) is 0 Å². The standard InChI is InChI=1S/C7H8N2/c8-5-6-1-3-7(9)4-2-6/h1,3,6,9H,2,4H2. The summed E-state index contributed by atoms with van der Waals surface area (Å²) in [6.45, 7) is 0. The molecule has 0 amide bonds. The van der Waals surface area contributed by atoms with Gasteiger partial charge in [-0.25, -0.2) is 0 Å². The summed E-state index contributed by atoms with van der Waals surface area (Å²) in [7, 11) is 0. The van der Waals surface area contributed by atoms with Crippen LogP contribution in [0.2, 0.25) is 0 Å². The Morgan fingerprint density at radius 3 is 3.00 bits per heavy atom. The number of nitrogens with one attached hydrogen (secondary N) is 1. The predicted molar refractivity (Wildman–Crippen MR) is 35.2 cm³/mol. The molecule has 0 aliphatic heterocycles. The van der Waals surface area contributed by atoms with Crippen molar-refractivity contribution in [1.29, 1.82) is 10.7 Å². The summed E-state index contributed by atoms with van der Waals surface area (Å²) >= 11 is 0. The van der Waals surface area contributed by atoms with Crippen LogP contribution in [0, 0.1) is 22.7 Å². The zero-order valence-electron chi connectivity index (χ0n) is 5.09. The van der Waals surface area contributed by atoms with Crippen LogP contribution in [0.3, 0.4) is 0 Å². The first kappa shape index (κ1) is 6.03. The molecule has 0 aromatic carbocycles. The van der Waals surface area contributed by atoms with Crippen LogP contribution in [-0.4, -0.2) is 5.71 Å². The zero-order valence-corrected chi connectivity index (χ0v) is 5.09. The number of hydrogen-bond acceptors (Lipinski definition) is 2. The van der Waals surface area contributed by atoms with E-state index in [1.54, 1.807) is 12.2 Å². The lowest BCUT2D eigenvalue weighted by molar-refractivity contribution is 0.736. The highest BCUT2D eigenvalue weighted by molar-refractivity contribution is 5.93. The van der Waals surface area contributed by atoms with Gasteiger partial charge in [0, 0.05) is 5.71 Å². The maximum atomic E-state index is 8.41. The Morgan fingerprint density at radius 1 is 1.78 bits per heavy atom. The van der Waals surface area contributed by atoms with Crippen molar-refractivity contribution in [1.82, 2.24) is 0 Å². The molecule has 2 nitrogen and oxygen atoms in total. The molecule has 1 rings (SSSR count). The molecule has 0 aromatic rings. The molecule has 1 aliphatic rings. The van der Waals surface area contributed by atoms with E-state index >= 15 is 0 Å². The van der Waals surface area contributed by atoms with E-state index in [9.17, 15) is 0 Å². The van der Waals surface area contributed by atoms with Crippen LogP contribution in [0.5, 0.6) is 0 Å². The molecule has 0 radical (unpaired) electrons. The Labute approximate surface area is 54.3 Å². The summed E-state index contributed by atoms with van der Waals surface area (Å²) < 4.78 is 0. The van der Waals surface area contributed by atoms with E-state index in [1.807, 2.05) is 0 Å². The molecule has 1 unspecified atom stereocenters. The van der Waals surface area contributed by atoms with Crippen LogP contribution in [0.25, 0.3) is 0 Å². The van der Waals surface area contributed by atoms with Crippen molar-refractivity contribution in [3.8, 4) is 6.07 Å².